The molecule has 1 fully saturated rings. The number of benzene rings is 1. The molecule has 0 aliphatic carbocycles. The highest BCUT2D eigenvalue weighted by molar-refractivity contribution is 5.17. The van der Waals surface area contributed by atoms with Gasteiger partial charge in [-0.05, 0) is 12.5 Å². The SMILES string of the molecule is Cc1nc([C@H]2CN(Cc3nnc(Cc4ccccc4)o3)CCO2)n[nH]1. The molecule has 1 saturated heterocycles. The van der Waals surface area contributed by atoms with Crippen LogP contribution in [0.5, 0.6) is 0 Å². The van der Waals surface area contributed by atoms with Gasteiger partial charge in [0.1, 0.15) is 11.9 Å². The molecule has 1 atom stereocenters. The number of aromatic amines is 1. The molecule has 0 bridgehead atoms. The van der Waals surface area contributed by atoms with Crippen molar-refractivity contribution < 1.29 is 9.15 Å². The van der Waals surface area contributed by atoms with Crippen LogP contribution >= 0.6 is 0 Å². The largest absolute Gasteiger partial charge is 0.424 e. The zero-order chi connectivity index (χ0) is 17.1. The van der Waals surface area contributed by atoms with Crippen molar-refractivity contribution in [2.75, 3.05) is 19.7 Å². The van der Waals surface area contributed by atoms with Crippen molar-refractivity contribution in [3.8, 4) is 0 Å². The fourth-order valence-electron chi connectivity index (χ4n) is 2.89. The lowest BCUT2D eigenvalue weighted by Crippen LogP contribution is -2.38. The first-order valence-electron chi connectivity index (χ1n) is 8.34. The second-order valence-electron chi connectivity index (χ2n) is 6.13. The quantitative estimate of drug-likeness (QED) is 0.755. The Hall–Kier alpha value is -2.58. The number of rotatable bonds is 5. The zero-order valence-corrected chi connectivity index (χ0v) is 14.1. The highest BCUT2D eigenvalue weighted by Crippen LogP contribution is 2.20. The molecule has 1 aromatic carbocycles. The van der Waals surface area contributed by atoms with E-state index in [0.29, 0.717) is 43.7 Å². The number of hydrogen-bond acceptors (Lipinski definition) is 7. The summed E-state index contributed by atoms with van der Waals surface area (Å²) in [6.07, 6.45) is 0.515. The van der Waals surface area contributed by atoms with E-state index in [2.05, 4.69) is 42.4 Å². The topological polar surface area (TPSA) is 93.0 Å². The first kappa shape index (κ1) is 15.9. The number of nitrogens with one attached hydrogen (secondary N) is 1. The number of hydrogen-bond donors (Lipinski definition) is 1. The first-order chi connectivity index (χ1) is 12.3. The van der Waals surface area contributed by atoms with E-state index in [1.165, 1.54) is 0 Å². The Morgan fingerprint density at radius 2 is 2.04 bits per heavy atom. The van der Waals surface area contributed by atoms with E-state index < -0.39 is 0 Å². The third kappa shape index (κ3) is 3.92. The predicted molar refractivity (Wildman–Crippen MR) is 88.6 cm³/mol. The van der Waals surface area contributed by atoms with Gasteiger partial charge in [0.15, 0.2) is 5.82 Å². The van der Waals surface area contributed by atoms with E-state index in [4.69, 9.17) is 9.15 Å². The van der Waals surface area contributed by atoms with Crippen LogP contribution in [0.3, 0.4) is 0 Å². The molecule has 4 rings (SSSR count). The van der Waals surface area contributed by atoms with Gasteiger partial charge in [-0.25, -0.2) is 4.98 Å². The fraction of sp³-hybridized carbons (Fsp3) is 0.412. The minimum absolute atomic E-state index is 0.134. The average Bonchev–Trinajstić information content (AvgIpc) is 3.25. The molecule has 1 aliphatic heterocycles. The van der Waals surface area contributed by atoms with E-state index in [-0.39, 0.29) is 6.10 Å². The van der Waals surface area contributed by atoms with E-state index >= 15 is 0 Å². The van der Waals surface area contributed by atoms with Gasteiger partial charge in [-0.2, -0.15) is 5.10 Å². The van der Waals surface area contributed by atoms with Crippen molar-refractivity contribution in [1.82, 2.24) is 30.3 Å². The van der Waals surface area contributed by atoms with Crippen LogP contribution in [-0.4, -0.2) is 50.0 Å². The third-order valence-corrected chi connectivity index (χ3v) is 4.12. The van der Waals surface area contributed by atoms with Crippen molar-refractivity contribution in [3.63, 3.8) is 0 Å². The van der Waals surface area contributed by atoms with Gasteiger partial charge < -0.3 is 9.15 Å². The van der Waals surface area contributed by atoms with Crippen LogP contribution in [0.15, 0.2) is 34.7 Å². The molecular weight excluding hydrogens is 320 g/mol. The number of aromatic nitrogens is 5. The summed E-state index contributed by atoms with van der Waals surface area (Å²) in [5.41, 5.74) is 1.16. The molecule has 0 saturated carbocycles. The summed E-state index contributed by atoms with van der Waals surface area (Å²) in [7, 11) is 0. The first-order valence-corrected chi connectivity index (χ1v) is 8.34. The molecule has 3 heterocycles. The summed E-state index contributed by atoms with van der Waals surface area (Å²) in [4.78, 5) is 6.58. The monoisotopic (exact) mass is 340 g/mol. The number of aryl methyl sites for hydroxylation is 1. The van der Waals surface area contributed by atoms with E-state index in [9.17, 15) is 0 Å². The van der Waals surface area contributed by atoms with Crippen molar-refractivity contribution in [2.24, 2.45) is 0 Å². The maximum absolute atomic E-state index is 5.79. The maximum Gasteiger partial charge on any atom is 0.230 e. The van der Waals surface area contributed by atoms with Crippen LogP contribution in [0.2, 0.25) is 0 Å². The summed E-state index contributed by atoms with van der Waals surface area (Å²) >= 11 is 0. The molecule has 2 aromatic heterocycles. The van der Waals surface area contributed by atoms with Crippen LogP contribution in [-0.2, 0) is 17.7 Å². The van der Waals surface area contributed by atoms with Crippen LogP contribution < -0.4 is 0 Å². The van der Waals surface area contributed by atoms with Crippen LogP contribution in [0.25, 0.3) is 0 Å². The minimum Gasteiger partial charge on any atom is -0.424 e. The molecular formula is C17H20N6O2. The van der Waals surface area contributed by atoms with Crippen LogP contribution in [0.4, 0.5) is 0 Å². The second kappa shape index (κ2) is 7.12. The highest BCUT2D eigenvalue weighted by atomic mass is 16.5. The van der Waals surface area contributed by atoms with Crippen molar-refractivity contribution >= 4 is 0 Å². The van der Waals surface area contributed by atoms with Crippen LogP contribution in [0.1, 0.15) is 35.1 Å². The molecule has 0 radical (unpaired) electrons. The molecule has 130 valence electrons. The van der Waals surface area contributed by atoms with Gasteiger partial charge in [0.05, 0.1) is 19.6 Å². The number of H-pyrrole nitrogens is 1. The third-order valence-electron chi connectivity index (χ3n) is 4.12. The van der Waals surface area contributed by atoms with Gasteiger partial charge in [-0.15, -0.1) is 10.2 Å². The summed E-state index contributed by atoms with van der Waals surface area (Å²) in [5.74, 6) is 2.74. The van der Waals surface area contributed by atoms with Gasteiger partial charge in [-0.1, -0.05) is 30.3 Å². The summed E-state index contributed by atoms with van der Waals surface area (Å²) < 4.78 is 11.6. The smallest absolute Gasteiger partial charge is 0.230 e. The summed E-state index contributed by atoms with van der Waals surface area (Å²) in [6.45, 7) is 4.63. The van der Waals surface area contributed by atoms with Crippen molar-refractivity contribution in [2.45, 2.75) is 26.0 Å². The van der Waals surface area contributed by atoms with E-state index in [0.717, 1.165) is 17.9 Å². The number of morpholine rings is 1. The molecule has 1 N–H and O–H groups in total. The standard InChI is InChI=1S/C17H20N6O2/c1-12-18-17(22-19-12)14-10-23(7-8-24-14)11-16-21-20-15(25-16)9-13-5-3-2-4-6-13/h2-6,14H,7-11H2,1H3,(H,18,19,22)/t14-/m1/s1. The normalized spacial score (nSPS) is 18.5. The van der Waals surface area contributed by atoms with E-state index in [1.807, 2.05) is 25.1 Å². The molecule has 8 heteroatoms. The summed E-state index contributed by atoms with van der Waals surface area (Å²) in [6, 6.07) is 10.1. The Morgan fingerprint density at radius 3 is 2.84 bits per heavy atom. The molecule has 1 aliphatic rings. The van der Waals surface area contributed by atoms with Gasteiger partial charge >= 0.3 is 0 Å². The van der Waals surface area contributed by atoms with E-state index in [1.54, 1.807) is 0 Å². The second-order valence-corrected chi connectivity index (χ2v) is 6.13. The van der Waals surface area contributed by atoms with Crippen molar-refractivity contribution in [1.29, 1.82) is 0 Å². The lowest BCUT2D eigenvalue weighted by molar-refractivity contribution is -0.0393. The highest BCUT2D eigenvalue weighted by Gasteiger charge is 2.26. The maximum atomic E-state index is 5.79. The molecule has 25 heavy (non-hydrogen) atoms. The van der Waals surface area contributed by atoms with Gasteiger partial charge in [0, 0.05) is 13.1 Å². The molecule has 3 aromatic rings. The van der Waals surface area contributed by atoms with Gasteiger partial charge in [0.25, 0.3) is 0 Å². The Labute approximate surface area is 145 Å². The van der Waals surface area contributed by atoms with Gasteiger partial charge in [-0.3, -0.25) is 10.00 Å². The summed E-state index contributed by atoms with van der Waals surface area (Å²) in [5, 5.41) is 15.4. The average molecular weight is 340 g/mol. The fourth-order valence-corrected chi connectivity index (χ4v) is 2.89. The lowest BCUT2D eigenvalue weighted by Gasteiger charge is -2.30. The molecule has 0 amide bonds. The Balaban J connectivity index is 1.37. The predicted octanol–water partition coefficient (Wildman–Crippen LogP) is 1.66. The molecule has 8 nitrogen and oxygen atoms in total. The minimum atomic E-state index is -0.134. The Bertz CT molecular complexity index is 815. The lowest BCUT2D eigenvalue weighted by atomic mass is 10.2. The molecule has 0 unspecified atom stereocenters. The molecule has 0 spiro atoms. The van der Waals surface area contributed by atoms with Crippen molar-refractivity contribution in [3.05, 3.63) is 59.3 Å². The number of ether oxygens (including phenoxy) is 1. The van der Waals surface area contributed by atoms with Crippen LogP contribution in [0, 0.1) is 6.92 Å². The Kier molecular flexibility index (Phi) is 4.53. The number of nitrogens with zero attached hydrogens (tertiary/aromatic N) is 5. The zero-order valence-electron chi connectivity index (χ0n) is 14.1. The van der Waals surface area contributed by atoms with Gasteiger partial charge in [0.2, 0.25) is 11.8 Å². The Morgan fingerprint density at radius 1 is 1.20 bits per heavy atom.